The van der Waals surface area contributed by atoms with Gasteiger partial charge in [0.2, 0.25) is 0 Å². The molecule has 6 heteroatoms. The fourth-order valence-electron chi connectivity index (χ4n) is 2.27. The van der Waals surface area contributed by atoms with Gasteiger partial charge in [-0.3, -0.25) is 9.48 Å². The summed E-state index contributed by atoms with van der Waals surface area (Å²) in [5, 5.41) is 4.17. The Morgan fingerprint density at radius 3 is 2.67 bits per heavy atom. The Bertz CT molecular complexity index is 664. The van der Waals surface area contributed by atoms with Crippen molar-refractivity contribution in [3.05, 3.63) is 41.2 Å². The number of hydrogen-bond donors (Lipinski definition) is 1. The second kappa shape index (κ2) is 5.87. The quantitative estimate of drug-likeness (QED) is 0.927. The molecule has 0 atom stereocenters. The smallest absolute Gasteiger partial charge is 0.274 e. The molecule has 0 aliphatic carbocycles. The maximum Gasteiger partial charge on any atom is 0.274 e. The first-order chi connectivity index (χ1) is 9.95. The minimum Gasteiger partial charge on any atom is -0.496 e. The van der Waals surface area contributed by atoms with Crippen LogP contribution in [0.25, 0.3) is 0 Å². The van der Waals surface area contributed by atoms with E-state index in [0.29, 0.717) is 23.6 Å². The molecule has 0 radical (unpaired) electrons. The average Bonchev–Trinajstić information content (AvgIpc) is 2.72. The number of aromatic nitrogens is 2. The van der Waals surface area contributed by atoms with E-state index in [1.54, 1.807) is 33.0 Å². The molecule has 1 aromatic heterocycles. The first-order valence-electron chi connectivity index (χ1n) is 6.62. The highest BCUT2D eigenvalue weighted by Crippen LogP contribution is 2.21. The van der Waals surface area contributed by atoms with E-state index in [4.69, 9.17) is 10.5 Å². The SMILES string of the molecule is COc1ccccc1CN(C)C(=O)c1c(N)c(C)nn1C. The van der Waals surface area contributed by atoms with Crippen LogP contribution < -0.4 is 10.5 Å². The minimum atomic E-state index is -0.165. The number of rotatable bonds is 4. The number of aryl methyl sites for hydroxylation is 2. The van der Waals surface area contributed by atoms with Crippen LogP contribution in [0.1, 0.15) is 21.7 Å². The molecule has 1 amide bonds. The molecule has 0 saturated carbocycles. The van der Waals surface area contributed by atoms with E-state index < -0.39 is 0 Å². The number of carbonyl (C=O) groups is 1. The predicted molar refractivity (Wildman–Crippen MR) is 81.1 cm³/mol. The average molecular weight is 288 g/mol. The van der Waals surface area contributed by atoms with E-state index in [1.165, 1.54) is 4.68 Å². The molecule has 112 valence electrons. The molecular weight excluding hydrogens is 268 g/mol. The molecule has 0 fully saturated rings. The largest absolute Gasteiger partial charge is 0.496 e. The fourth-order valence-corrected chi connectivity index (χ4v) is 2.27. The first kappa shape index (κ1) is 14.9. The summed E-state index contributed by atoms with van der Waals surface area (Å²) in [4.78, 5) is 14.1. The standard InChI is InChI=1S/C15H20N4O2/c1-10-13(16)14(19(3)17-10)15(20)18(2)9-11-7-5-6-8-12(11)21-4/h5-8H,9,16H2,1-4H3. The number of para-hydroxylation sites is 1. The number of methoxy groups -OCH3 is 1. The Hall–Kier alpha value is -2.50. The fraction of sp³-hybridized carbons (Fsp3) is 0.333. The summed E-state index contributed by atoms with van der Waals surface area (Å²) in [7, 11) is 5.06. The van der Waals surface area contributed by atoms with E-state index in [-0.39, 0.29) is 5.91 Å². The first-order valence-corrected chi connectivity index (χ1v) is 6.62. The third kappa shape index (κ3) is 2.84. The molecule has 1 aromatic carbocycles. The third-order valence-electron chi connectivity index (χ3n) is 3.42. The van der Waals surface area contributed by atoms with Crippen LogP contribution in [0.3, 0.4) is 0 Å². The molecule has 0 aliphatic heterocycles. The lowest BCUT2D eigenvalue weighted by atomic mass is 10.2. The van der Waals surface area contributed by atoms with Gasteiger partial charge in [-0.05, 0) is 13.0 Å². The van der Waals surface area contributed by atoms with Gasteiger partial charge < -0.3 is 15.4 Å². The van der Waals surface area contributed by atoms with Gasteiger partial charge in [-0.25, -0.2) is 0 Å². The van der Waals surface area contributed by atoms with Crippen molar-refractivity contribution in [2.45, 2.75) is 13.5 Å². The number of benzene rings is 1. The molecule has 2 N–H and O–H groups in total. The van der Waals surface area contributed by atoms with Crippen LogP contribution in [0.2, 0.25) is 0 Å². The Labute approximate surface area is 124 Å². The Balaban J connectivity index is 2.24. The maximum atomic E-state index is 12.5. The van der Waals surface area contributed by atoms with Crippen molar-refractivity contribution < 1.29 is 9.53 Å². The summed E-state index contributed by atoms with van der Waals surface area (Å²) in [6, 6.07) is 7.61. The summed E-state index contributed by atoms with van der Waals surface area (Å²) in [6.45, 7) is 2.22. The molecule has 2 aromatic rings. The highest BCUT2D eigenvalue weighted by molar-refractivity contribution is 5.97. The number of nitrogens with zero attached hydrogens (tertiary/aromatic N) is 3. The molecule has 0 bridgehead atoms. The summed E-state index contributed by atoms with van der Waals surface area (Å²) < 4.78 is 6.82. The summed E-state index contributed by atoms with van der Waals surface area (Å²) >= 11 is 0. The van der Waals surface area contributed by atoms with Gasteiger partial charge in [0, 0.05) is 26.2 Å². The molecule has 0 unspecified atom stereocenters. The zero-order valence-corrected chi connectivity index (χ0v) is 12.8. The molecule has 2 rings (SSSR count). The number of amides is 1. The minimum absolute atomic E-state index is 0.165. The summed E-state index contributed by atoms with van der Waals surface area (Å²) in [6.07, 6.45) is 0. The number of nitrogens with two attached hydrogens (primary N) is 1. The Morgan fingerprint density at radius 2 is 2.10 bits per heavy atom. The van der Waals surface area contributed by atoms with Gasteiger partial charge in [-0.1, -0.05) is 18.2 Å². The van der Waals surface area contributed by atoms with E-state index in [1.807, 2.05) is 24.3 Å². The van der Waals surface area contributed by atoms with Crippen molar-refractivity contribution in [3.8, 4) is 5.75 Å². The van der Waals surface area contributed by atoms with Crippen molar-refractivity contribution >= 4 is 11.6 Å². The van der Waals surface area contributed by atoms with Crippen molar-refractivity contribution in [2.75, 3.05) is 19.9 Å². The highest BCUT2D eigenvalue weighted by Gasteiger charge is 2.22. The van der Waals surface area contributed by atoms with Crippen molar-refractivity contribution in [2.24, 2.45) is 7.05 Å². The number of hydrogen-bond acceptors (Lipinski definition) is 4. The van der Waals surface area contributed by atoms with Crippen molar-refractivity contribution in [1.82, 2.24) is 14.7 Å². The van der Waals surface area contributed by atoms with Gasteiger partial charge in [0.25, 0.3) is 5.91 Å². The van der Waals surface area contributed by atoms with E-state index >= 15 is 0 Å². The van der Waals surface area contributed by atoms with E-state index in [9.17, 15) is 4.79 Å². The molecule has 1 heterocycles. The predicted octanol–water partition coefficient (Wildman–Crippen LogP) is 1.59. The number of ether oxygens (including phenoxy) is 1. The van der Waals surface area contributed by atoms with E-state index in [2.05, 4.69) is 5.10 Å². The molecular formula is C15H20N4O2. The normalized spacial score (nSPS) is 10.5. The summed E-state index contributed by atoms with van der Waals surface area (Å²) in [5.74, 6) is 0.591. The Kier molecular flexibility index (Phi) is 4.16. The lowest BCUT2D eigenvalue weighted by Crippen LogP contribution is -2.29. The van der Waals surface area contributed by atoms with Crippen LogP contribution in [-0.2, 0) is 13.6 Å². The van der Waals surface area contributed by atoms with Crippen LogP contribution in [0.4, 0.5) is 5.69 Å². The van der Waals surface area contributed by atoms with Gasteiger partial charge >= 0.3 is 0 Å². The molecule has 21 heavy (non-hydrogen) atoms. The van der Waals surface area contributed by atoms with Gasteiger partial charge in [0.15, 0.2) is 0 Å². The zero-order chi connectivity index (χ0) is 15.6. The second-order valence-electron chi connectivity index (χ2n) is 4.94. The monoisotopic (exact) mass is 288 g/mol. The van der Waals surface area contributed by atoms with Crippen molar-refractivity contribution in [3.63, 3.8) is 0 Å². The lowest BCUT2D eigenvalue weighted by Gasteiger charge is -2.19. The van der Waals surface area contributed by atoms with E-state index in [0.717, 1.165) is 11.3 Å². The van der Waals surface area contributed by atoms with Crippen LogP contribution >= 0.6 is 0 Å². The summed E-state index contributed by atoms with van der Waals surface area (Å²) in [5.41, 5.74) is 8.37. The van der Waals surface area contributed by atoms with Gasteiger partial charge in [0.05, 0.1) is 18.5 Å². The lowest BCUT2D eigenvalue weighted by molar-refractivity contribution is 0.0774. The van der Waals surface area contributed by atoms with Crippen LogP contribution in [-0.4, -0.2) is 34.7 Å². The third-order valence-corrected chi connectivity index (χ3v) is 3.42. The van der Waals surface area contributed by atoms with Gasteiger partial charge in [-0.15, -0.1) is 0 Å². The van der Waals surface area contributed by atoms with Crippen LogP contribution in [0.5, 0.6) is 5.75 Å². The number of nitrogen functional groups attached to an aromatic ring is 1. The van der Waals surface area contributed by atoms with Crippen molar-refractivity contribution in [1.29, 1.82) is 0 Å². The Morgan fingerprint density at radius 1 is 1.43 bits per heavy atom. The van der Waals surface area contributed by atoms with Crippen LogP contribution in [0.15, 0.2) is 24.3 Å². The topological polar surface area (TPSA) is 73.4 Å². The number of anilines is 1. The molecule has 0 spiro atoms. The molecule has 0 saturated heterocycles. The highest BCUT2D eigenvalue weighted by atomic mass is 16.5. The molecule has 0 aliphatic rings. The zero-order valence-electron chi connectivity index (χ0n) is 12.8. The van der Waals surface area contributed by atoms with Gasteiger partial charge in [0.1, 0.15) is 11.4 Å². The number of carbonyl (C=O) groups excluding carboxylic acids is 1. The second-order valence-corrected chi connectivity index (χ2v) is 4.94. The van der Waals surface area contributed by atoms with Gasteiger partial charge in [-0.2, -0.15) is 5.10 Å². The van der Waals surface area contributed by atoms with Crippen LogP contribution in [0, 0.1) is 6.92 Å². The molecule has 6 nitrogen and oxygen atoms in total. The maximum absolute atomic E-state index is 12.5.